The second-order valence-corrected chi connectivity index (χ2v) is 26.4. The van der Waals surface area contributed by atoms with Gasteiger partial charge < -0.3 is 101 Å². The number of nitrogens with zero attached hydrogens (tertiary/aromatic N) is 1. The number of H-pyrrole nitrogens is 1. The van der Waals surface area contributed by atoms with E-state index >= 15 is 0 Å². The van der Waals surface area contributed by atoms with Gasteiger partial charge in [-0.05, 0) is 75.0 Å². The van der Waals surface area contributed by atoms with Gasteiger partial charge in [0.05, 0.1) is 31.6 Å². The van der Waals surface area contributed by atoms with Gasteiger partial charge in [0.25, 0.3) is 0 Å². The van der Waals surface area contributed by atoms with Crippen molar-refractivity contribution in [1.82, 2.24) is 68.4 Å². The smallest absolute Gasteiger partial charge is 0.326 e. The minimum atomic E-state index is -1.92. The maximum absolute atomic E-state index is 14.6. The first kappa shape index (κ1) is 84.7. The summed E-state index contributed by atoms with van der Waals surface area (Å²) in [4.78, 5) is 209. The van der Waals surface area contributed by atoms with Gasteiger partial charge in [-0.3, -0.25) is 67.1 Å². The summed E-state index contributed by atoms with van der Waals surface area (Å²) in [5, 5.41) is 58.5. The first-order valence-electron chi connectivity index (χ1n) is 33.7. The van der Waals surface area contributed by atoms with Crippen molar-refractivity contribution in [2.75, 3.05) is 18.9 Å². The second kappa shape index (κ2) is 40.6. The number of fused-ring (bicyclic) bond motifs is 1. The lowest BCUT2D eigenvalue weighted by Gasteiger charge is -2.32. The minimum absolute atomic E-state index is 0.00139. The van der Waals surface area contributed by atoms with Crippen LogP contribution < -0.4 is 75.7 Å². The van der Waals surface area contributed by atoms with Crippen molar-refractivity contribution in [2.24, 2.45) is 35.0 Å². The Morgan fingerprint density at radius 1 is 0.549 bits per heavy atom. The van der Waals surface area contributed by atoms with Crippen LogP contribution >= 0.6 is 12.6 Å². The molecule has 1 aromatic heterocycles. The van der Waals surface area contributed by atoms with Gasteiger partial charge in [0, 0.05) is 42.2 Å². The van der Waals surface area contributed by atoms with E-state index in [0.717, 1.165) is 0 Å². The van der Waals surface area contributed by atoms with Crippen LogP contribution in [0.1, 0.15) is 118 Å². The van der Waals surface area contributed by atoms with Gasteiger partial charge in [-0.1, -0.05) is 103 Å². The highest BCUT2D eigenvalue weighted by Crippen LogP contribution is 2.23. The number of hydrogen-bond acceptors (Lipinski definition) is 19. The number of aromatic nitrogens is 1. The topological polar surface area (TPSA) is 546 Å². The number of hydrogen-bond donors (Lipinski definition) is 19. The number of primary amides is 2. The van der Waals surface area contributed by atoms with E-state index in [-0.39, 0.29) is 50.3 Å². The molecule has 1 saturated heterocycles. The van der Waals surface area contributed by atoms with Crippen molar-refractivity contribution in [1.29, 1.82) is 0 Å². The fraction of sp³-hybridized carbons (Fsp3) is 0.567. The summed E-state index contributed by atoms with van der Waals surface area (Å²) in [6.45, 7) is 12.9. The molecule has 14 amide bonds. The molecule has 16 atom stereocenters. The zero-order valence-electron chi connectivity index (χ0n) is 58.7. The molecular weight excluding hydrogens is 1350 g/mol. The monoisotopic (exact) mass is 1450 g/mol. The highest BCUT2D eigenvalue weighted by Gasteiger charge is 2.42. The Labute approximate surface area is 596 Å². The molecule has 0 radical (unpaired) electrons. The zero-order valence-corrected chi connectivity index (χ0v) is 59.6. The molecule has 1 fully saturated rings. The number of carbonyl (C=O) groups excluding carboxylic acids is 14. The molecule has 0 aliphatic carbocycles. The molecule has 0 unspecified atom stereocenters. The molecule has 562 valence electrons. The van der Waals surface area contributed by atoms with E-state index in [2.05, 4.69) is 76.1 Å². The van der Waals surface area contributed by atoms with Crippen LogP contribution in [0.5, 0.6) is 0 Å². The number of thiol groups is 1. The third kappa shape index (κ3) is 25.4. The zero-order chi connectivity index (χ0) is 76.4. The quantitative estimate of drug-likeness (QED) is 0.0240. The number of aromatic amines is 1. The van der Waals surface area contributed by atoms with Crippen molar-refractivity contribution in [3.05, 3.63) is 71.9 Å². The number of nitrogens with two attached hydrogens (primary N) is 3. The number of carboxylic acids is 1. The van der Waals surface area contributed by atoms with Crippen LogP contribution in [0.25, 0.3) is 10.9 Å². The molecule has 21 N–H and O–H groups in total. The second-order valence-electron chi connectivity index (χ2n) is 26.0. The lowest BCUT2D eigenvalue weighted by Crippen LogP contribution is -2.62. The van der Waals surface area contributed by atoms with Crippen molar-refractivity contribution in [2.45, 2.75) is 205 Å². The fourth-order valence-corrected chi connectivity index (χ4v) is 11.3. The van der Waals surface area contributed by atoms with E-state index in [0.29, 0.717) is 34.9 Å². The van der Waals surface area contributed by atoms with Crippen LogP contribution in [-0.2, 0) is 84.8 Å². The van der Waals surface area contributed by atoms with Gasteiger partial charge in [0.15, 0.2) is 0 Å². The maximum atomic E-state index is 14.6. The lowest BCUT2D eigenvalue weighted by atomic mass is 9.97. The standard InChI is InChI=1S/C67H100N16O18S/c1-10-33(5)52(80-55(88)35(7)68)64(97)76-45(28-51(70)87)60(93)77-46(24-32(3)4)66(99)83-23-17-22-49(83)63(96)75-42(25-38-18-13-12-14-19-38)58(91)78-47(30-84)61(94)74-44(27-50(69)86)59(92)73-43(26-39-29-71-41-21-16-15-20-40(39)41)57(90)72-36(8)56(89)79-48(31-102)62(95)82-54(37(9)85)65(98)81-53(67(100)101)34(6)11-2/h12-16,18-21,29,32-37,42-49,52-54,71,84-85,102H,10-11,17,22-28,30-31,68H2,1-9H3,(H2,69,86)(H2,70,87)(H,72,90)(H,73,92)(H,74,94)(H,75,96)(H,76,97)(H,77,93)(H,78,91)(H,79,89)(H,80,88)(H,81,98)(H,82,95)(H,100,101)/t33-,34-,35-,36-,37+,42-,43-,44-,45-,46-,47-,48-,49-,52-,53-,54-/m0/s1. The number of carbonyl (C=O) groups is 15. The van der Waals surface area contributed by atoms with Crippen LogP contribution in [0.2, 0.25) is 0 Å². The van der Waals surface area contributed by atoms with Crippen molar-refractivity contribution < 1.29 is 87.2 Å². The number of carboxylic acid groups (broad SMARTS) is 1. The van der Waals surface area contributed by atoms with Crippen molar-refractivity contribution >= 4 is 112 Å². The number of aliphatic carboxylic acids is 1. The number of rotatable bonds is 41. The van der Waals surface area contributed by atoms with E-state index in [1.165, 1.54) is 25.7 Å². The fourth-order valence-electron chi connectivity index (χ4n) is 11.1. The summed E-state index contributed by atoms with van der Waals surface area (Å²) in [5.41, 5.74) is 18.4. The number of benzene rings is 2. The Morgan fingerprint density at radius 2 is 1.02 bits per heavy atom. The number of aliphatic hydroxyl groups excluding tert-OH is 2. The van der Waals surface area contributed by atoms with E-state index in [9.17, 15) is 87.2 Å². The number of aliphatic hydroxyl groups is 2. The van der Waals surface area contributed by atoms with Crippen molar-refractivity contribution in [3.63, 3.8) is 0 Å². The summed E-state index contributed by atoms with van der Waals surface area (Å²) in [7, 11) is 0. The Morgan fingerprint density at radius 3 is 1.57 bits per heavy atom. The molecule has 35 heteroatoms. The third-order valence-corrected chi connectivity index (χ3v) is 17.7. The highest BCUT2D eigenvalue weighted by molar-refractivity contribution is 7.80. The van der Waals surface area contributed by atoms with Gasteiger partial charge in [-0.2, -0.15) is 12.6 Å². The molecule has 34 nitrogen and oxygen atoms in total. The normalized spacial score (nSPS) is 17.2. The maximum Gasteiger partial charge on any atom is 0.326 e. The minimum Gasteiger partial charge on any atom is -0.480 e. The molecule has 2 heterocycles. The predicted molar refractivity (Wildman–Crippen MR) is 374 cm³/mol. The van der Waals surface area contributed by atoms with Crippen LogP contribution in [0, 0.1) is 17.8 Å². The third-order valence-electron chi connectivity index (χ3n) is 17.3. The number of amides is 14. The molecular formula is C67H100N16O18S. The highest BCUT2D eigenvalue weighted by atomic mass is 32.1. The van der Waals surface area contributed by atoms with Gasteiger partial charge in [0.2, 0.25) is 82.7 Å². The Bertz CT molecular complexity index is 3470. The number of nitrogens with one attached hydrogen (secondary N) is 12. The van der Waals surface area contributed by atoms with Crippen LogP contribution in [0.15, 0.2) is 60.8 Å². The molecule has 3 aromatic rings. The van der Waals surface area contributed by atoms with E-state index in [1.807, 2.05) is 0 Å². The molecule has 0 bridgehead atoms. The predicted octanol–water partition coefficient (Wildman–Crippen LogP) is -4.08. The summed E-state index contributed by atoms with van der Waals surface area (Å²) in [5.74, 6) is -16.7. The molecule has 1 aliphatic heterocycles. The van der Waals surface area contributed by atoms with Gasteiger partial charge >= 0.3 is 5.97 Å². The van der Waals surface area contributed by atoms with E-state index < -0.39 is 205 Å². The summed E-state index contributed by atoms with van der Waals surface area (Å²) < 4.78 is 0. The van der Waals surface area contributed by atoms with E-state index in [4.69, 9.17) is 17.2 Å². The summed E-state index contributed by atoms with van der Waals surface area (Å²) in [6, 6.07) is -4.34. The number of likely N-dealkylation sites (tertiary alicyclic amines) is 1. The van der Waals surface area contributed by atoms with Crippen LogP contribution in [-0.4, -0.2) is 217 Å². The van der Waals surface area contributed by atoms with Crippen molar-refractivity contribution in [3.8, 4) is 0 Å². The first-order chi connectivity index (χ1) is 48.0. The van der Waals surface area contributed by atoms with Gasteiger partial charge in [0.1, 0.15) is 72.5 Å². The summed E-state index contributed by atoms with van der Waals surface area (Å²) >= 11 is 4.17. The summed E-state index contributed by atoms with van der Waals surface area (Å²) in [6.07, 6.45) is -1.05. The van der Waals surface area contributed by atoms with Gasteiger partial charge in [-0.25, -0.2) is 4.79 Å². The molecule has 2 aromatic carbocycles. The Balaban J connectivity index is 1.57. The van der Waals surface area contributed by atoms with Gasteiger partial charge in [-0.15, -0.1) is 0 Å². The Hall–Kier alpha value is -9.74. The van der Waals surface area contributed by atoms with E-state index in [1.54, 1.807) is 102 Å². The lowest BCUT2D eigenvalue weighted by molar-refractivity contribution is -0.144. The average Bonchev–Trinajstić information content (AvgIpc) is 1.66. The largest absolute Gasteiger partial charge is 0.480 e. The molecule has 102 heavy (non-hydrogen) atoms. The number of para-hydroxylation sites is 1. The van der Waals surface area contributed by atoms with Crippen LogP contribution in [0.3, 0.4) is 0 Å². The first-order valence-corrected chi connectivity index (χ1v) is 34.4. The average molecular weight is 1450 g/mol. The molecule has 4 rings (SSSR count). The molecule has 0 saturated carbocycles. The SMILES string of the molecule is CC[C@H](C)[C@H](NC(=O)[C@@H](NC(=O)[C@H](CS)NC(=O)[C@H](C)NC(=O)[C@H](Cc1c[nH]c2ccccc12)NC(=O)[C@H](CC(N)=O)NC(=O)[C@H](CO)NC(=O)[C@H](Cc1ccccc1)NC(=O)[C@@H]1CCCN1C(=O)[C@H](CC(C)C)NC(=O)[C@H](CC(N)=O)NC(=O)[C@@H](NC(=O)[C@H](C)N)[C@@H](C)CC)[C@@H](C)O)C(=O)O. The Kier molecular flexibility index (Phi) is 33.7. The molecule has 0 spiro atoms. The molecule has 1 aliphatic rings. The van der Waals surface area contributed by atoms with Crippen LogP contribution in [0.4, 0.5) is 0 Å².